The van der Waals surface area contributed by atoms with Crippen LogP contribution in [0.2, 0.25) is 5.02 Å². The van der Waals surface area contributed by atoms with E-state index in [9.17, 15) is 4.21 Å². The zero-order valence-corrected chi connectivity index (χ0v) is 18.8. The average Bonchev–Trinajstić information content (AvgIpc) is 2.80. The van der Waals surface area contributed by atoms with Crippen LogP contribution in [-0.2, 0) is 16.6 Å². The van der Waals surface area contributed by atoms with E-state index in [4.69, 9.17) is 16.3 Å². The van der Waals surface area contributed by atoms with Crippen molar-refractivity contribution in [1.82, 2.24) is 0 Å². The molecule has 2 nitrogen and oxygen atoms in total. The van der Waals surface area contributed by atoms with E-state index >= 15 is 0 Å². The van der Waals surface area contributed by atoms with Gasteiger partial charge in [-0.3, -0.25) is 4.21 Å². The molecule has 0 aliphatic heterocycles. The largest absolute Gasteiger partial charge is 0.496 e. The van der Waals surface area contributed by atoms with Crippen molar-refractivity contribution in [2.75, 3.05) is 7.11 Å². The number of methoxy groups -OCH3 is 1. The molecular formula is C26H27ClO2S. The number of rotatable bonds is 6. The maximum absolute atomic E-state index is 13.1. The monoisotopic (exact) mass is 438 g/mol. The van der Waals surface area contributed by atoms with E-state index in [-0.39, 0.29) is 0 Å². The van der Waals surface area contributed by atoms with E-state index in [1.807, 2.05) is 48.5 Å². The summed E-state index contributed by atoms with van der Waals surface area (Å²) in [5.74, 6) is 1.85. The molecule has 1 aliphatic rings. The van der Waals surface area contributed by atoms with Gasteiger partial charge in [0, 0.05) is 15.5 Å². The van der Waals surface area contributed by atoms with Crippen LogP contribution in [0.1, 0.15) is 49.1 Å². The molecule has 0 amide bonds. The summed E-state index contributed by atoms with van der Waals surface area (Å²) in [5, 5.41) is 0.713. The van der Waals surface area contributed by atoms with Crippen LogP contribution in [0.3, 0.4) is 0 Å². The summed E-state index contributed by atoms with van der Waals surface area (Å²) in [6, 6.07) is 22.2. The van der Waals surface area contributed by atoms with E-state index < -0.39 is 10.8 Å². The average molecular weight is 439 g/mol. The van der Waals surface area contributed by atoms with Crippen LogP contribution in [0.4, 0.5) is 0 Å². The Morgan fingerprint density at radius 3 is 2.23 bits per heavy atom. The summed E-state index contributed by atoms with van der Waals surface area (Å²) in [7, 11) is 0.527. The fourth-order valence-corrected chi connectivity index (χ4v) is 5.51. The van der Waals surface area contributed by atoms with Gasteiger partial charge in [-0.25, -0.2) is 0 Å². The Balaban J connectivity index is 1.53. The summed E-state index contributed by atoms with van der Waals surface area (Å²) >= 11 is 6.02. The molecule has 1 fully saturated rings. The van der Waals surface area contributed by atoms with Crippen LogP contribution < -0.4 is 4.74 Å². The van der Waals surface area contributed by atoms with E-state index in [1.54, 1.807) is 7.11 Å². The predicted molar refractivity (Wildman–Crippen MR) is 126 cm³/mol. The summed E-state index contributed by atoms with van der Waals surface area (Å²) in [6.07, 6.45) is 6.55. The molecule has 156 valence electrons. The lowest BCUT2D eigenvalue weighted by Gasteiger charge is -2.22. The second-order valence-electron chi connectivity index (χ2n) is 7.93. The minimum atomic E-state index is -1.13. The van der Waals surface area contributed by atoms with Crippen molar-refractivity contribution in [2.24, 2.45) is 0 Å². The molecule has 0 saturated heterocycles. The number of hydrogen-bond donors (Lipinski definition) is 0. The molecule has 0 radical (unpaired) electrons. The van der Waals surface area contributed by atoms with Gasteiger partial charge in [0.05, 0.1) is 23.7 Å². The standard InChI is InChI=1S/C26H27ClO2S/c1-29-26-16-11-22(21-7-12-24(27)13-8-21)17-23(26)18-30(28)25-14-9-20(10-15-25)19-5-3-2-4-6-19/h7-17,19H,2-6,18H2,1H3. The van der Waals surface area contributed by atoms with Crippen molar-refractivity contribution in [3.05, 3.63) is 82.9 Å². The van der Waals surface area contributed by atoms with E-state index in [0.717, 1.165) is 27.3 Å². The molecule has 0 spiro atoms. The minimum absolute atomic E-state index is 0.424. The molecule has 1 saturated carbocycles. The topological polar surface area (TPSA) is 26.3 Å². The van der Waals surface area contributed by atoms with Gasteiger partial charge in [-0.1, -0.05) is 61.2 Å². The van der Waals surface area contributed by atoms with E-state index in [1.165, 1.54) is 37.7 Å². The number of hydrogen-bond acceptors (Lipinski definition) is 2. The maximum atomic E-state index is 13.1. The Morgan fingerprint density at radius 2 is 1.57 bits per heavy atom. The van der Waals surface area contributed by atoms with Crippen molar-refractivity contribution in [1.29, 1.82) is 0 Å². The highest BCUT2D eigenvalue weighted by atomic mass is 35.5. The van der Waals surface area contributed by atoms with Crippen LogP contribution >= 0.6 is 11.6 Å². The van der Waals surface area contributed by atoms with Crippen LogP contribution in [0.5, 0.6) is 5.75 Å². The SMILES string of the molecule is COc1ccc(-c2ccc(Cl)cc2)cc1CS(=O)c1ccc(C2CCCCC2)cc1. The van der Waals surface area contributed by atoms with Gasteiger partial charge in [0.25, 0.3) is 0 Å². The third kappa shape index (κ3) is 4.96. The highest BCUT2D eigenvalue weighted by Crippen LogP contribution is 2.33. The third-order valence-electron chi connectivity index (χ3n) is 5.96. The van der Waals surface area contributed by atoms with Crippen LogP contribution in [0.15, 0.2) is 71.6 Å². The molecule has 0 bridgehead atoms. The summed E-state index contributed by atoms with van der Waals surface area (Å²) in [6.45, 7) is 0. The first-order chi connectivity index (χ1) is 14.6. The molecule has 0 aromatic heterocycles. The second kappa shape index (κ2) is 9.80. The first-order valence-corrected chi connectivity index (χ1v) is 12.2. The number of halogens is 1. The van der Waals surface area contributed by atoms with Gasteiger partial charge in [0.2, 0.25) is 0 Å². The van der Waals surface area contributed by atoms with Crippen molar-refractivity contribution in [3.8, 4) is 16.9 Å². The Morgan fingerprint density at radius 1 is 0.900 bits per heavy atom. The Labute approximate surface area is 186 Å². The molecule has 1 unspecified atom stereocenters. The molecule has 0 N–H and O–H groups in total. The molecule has 1 aliphatic carbocycles. The molecular weight excluding hydrogens is 412 g/mol. The molecule has 4 heteroatoms. The maximum Gasteiger partial charge on any atom is 0.123 e. The third-order valence-corrected chi connectivity index (χ3v) is 7.59. The van der Waals surface area contributed by atoms with Crippen molar-refractivity contribution in [3.63, 3.8) is 0 Å². The fraction of sp³-hybridized carbons (Fsp3) is 0.308. The molecule has 4 rings (SSSR count). The van der Waals surface area contributed by atoms with Gasteiger partial charge in [0.1, 0.15) is 5.75 Å². The zero-order valence-electron chi connectivity index (χ0n) is 17.3. The Bertz CT molecular complexity index is 1010. The van der Waals surface area contributed by atoms with Gasteiger partial charge in [-0.2, -0.15) is 0 Å². The van der Waals surface area contributed by atoms with E-state index in [2.05, 4.69) is 18.2 Å². The lowest BCUT2D eigenvalue weighted by molar-refractivity contribution is 0.411. The van der Waals surface area contributed by atoms with Gasteiger partial charge < -0.3 is 4.74 Å². The van der Waals surface area contributed by atoms with Gasteiger partial charge in [-0.05, 0) is 71.8 Å². The highest BCUT2D eigenvalue weighted by molar-refractivity contribution is 7.84. The summed E-state index contributed by atoms with van der Waals surface area (Å²) in [4.78, 5) is 0.869. The van der Waals surface area contributed by atoms with Crippen molar-refractivity contribution >= 4 is 22.4 Å². The normalized spacial score (nSPS) is 15.7. The van der Waals surface area contributed by atoms with Crippen LogP contribution in [-0.4, -0.2) is 11.3 Å². The van der Waals surface area contributed by atoms with Gasteiger partial charge >= 0.3 is 0 Å². The fourth-order valence-electron chi connectivity index (χ4n) is 4.27. The molecule has 30 heavy (non-hydrogen) atoms. The first kappa shape index (κ1) is 21.1. The summed E-state index contributed by atoms with van der Waals surface area (Å²) in [5.41, 5.74) is 4.47. The Kier molecular flexibility index (Phi) is 6.91. The number of benzene rings is 3. The molecule has 1 atom stereocenters. The predicted octanol–water partition coefficient (Wildman–Crippen LogP) is 7.37. The molecule has 3 aromatic rings. The smallest absolute Gasteiger partial charge is 0.123 e. The Hall–Kier alpha value is -2.10. The molecule has 0 heterocycles. The molecule has 3 aromatic carbocycles. The minimum Gasteiger partial charge on any atom is -0.496 e. The number of ether oxygens (including phenoxy) is 1. The van der Waals surface area contributed by atoms with Gasteiger partial charge in [-0.15, -0.1) is 0 Å². The van der Waals surface area contributed by atoms with E-state index in [0.29, 0.717) is 16.7 Å². The van der Waals surface area contributed by atoms with Crippen molar-refractivity contribution in [2.45, 2.75) is 48.7 Å². The zero-order chi connectivity index (χ0) is 20.9. The van der Waals surface area contributed by atoms with Crippen LogP contribution in [0.25, 0.3) is 11.1 Å². The first-order valence-electron chi connectivity index (χ1n) is 10.6. The highest BCUT2D eigenvalue weighted by Gasteiger charge is 2.16. The summed E-state index contributed by atoms with van der Waals surface area (Å²) < 4.78 is 18.6. The van der Waals surface area contributed by atoms with Gasteiger partial charge in [0.15, 0.2) is 0 Å². The van der Waals surface area contributed by atoms with Crippen molar-refractivity contribution < 1.29 is 8.95 Å². The lowest BCUT2D eigenvalue weighted by Crippen LogP contribution is -2.05. The quantitative estimate of drug-likeness (QED) is 0.401. The lowest BCUT2D eigenvalue weighted by atomic mass is 9.84. The second-order valence-corrected chi connectivity index (χ2v) is 9.81. The van der Waals surface area contributed by atoms with Crippen LogP contribution in [0, 0.1) is 0 Å².